The molecule has 0 radical (unpaired) electrons. The van der Waals surface area contributed by atoms with E-state index >= 15 is 0 Å². The summed E-state index contributed by atoms with van der Waals surface area (Å²) in [5.74, 6) is 1.40. The number of hydrogen-bond donors (Lipinski definition) is 1. The summed E-state index contributed by atoms with van der Waals surface area (Å²) < 4.78 is 0. The van der Waals surface area contributed by atoms with Gasteiger partial charge in [-0.15, -0.1) is 0 Å². The molecule has 14 heavy (non-hydrogen) atoms. The third-order valence-corrected chi connectivity index (χ3v) is 3.32. The van der Waals surface area contributed by atoms with Crippen molar-refractivity contribution in [3.8, 4) is 0 Å². The molecule has 0 bridgehead atoms. The van der Waals surface area contributed by atoms with Gasteiger partial charge in [0.05, 0.1) is 0 Å². The van der Waals surface area contributed by atoms with Crippen molar-refractivity contribution in [2.45, 2.75) is 67.9 Å². The molecule has 2 N–H and O–H groups in total. The molecule has 1 nitrogen and oxygen atoms in total. The molecule has 1 rings (SSSR count). The Hall–Kier alpha value is -0.0400. The maximum absolute atomic E-state index is 6.00. The van der Waals surface area contributed by atoms with Gasteiger partial charge < -0.3 is 5.73 Å². The van der Waals surface area contributed by atoms with E-state index in [0.29, 0.717) is 23.3 Å². The molecule has 1 aliphatic rings. The smallest absolute Gasteiger partial charge is 0.00956 e. The van der Waals surface area contributed by atoms with E-state index in [0.717, 1.165) is 0 Å². The van der Waals surface area contributed by atoms with Gasteiger partial charge in [0.25, 0.3) is 0 Å². The topological polar surface area (TPSA) is 26.0 Å². The van der Waals surface area contributed by atoms with Crippen LogP contribution in [0.5, 0.6) is 0 Å². The predicted molar refractivity (Wildman–Crippen MR) is 67.4 cm³/mol. The summed E-state index contributed by atoms with van der Waals surface area (Å²) in [5.41, 5.74) is 6.47. The van der Waals surface area contributed by atoms with Crippen molar-refractivity contribution in [3.05, 3.63) is 0 Å². The molecule has 3 unspecified atom stereocenters. The van der Waals surface area contributed by atoms with Crippen molar-refractivity contribution in [1.29, 1.82) is 0 Å². The van der Waals surface area contributed by atoms with Gasteiger partial charge in [-0.3, -0.25) is 0 Å². The minimum atomic E-state index is 0.426. The van der Waals surface area contributed by atoms with Crippen molar-refractivity contribution in [1.82, 2.24) is 0 Å². The summed E-state index contributed by atoms with van der Waals surface area (Å²) in [6.07, 6.45) is 1.29. The van der Waals surface area contributed by atoms with Gasteiger partial charge in [-0.1, -0.05) is 55.4 Å². The van der Waals surface area contributed by atoms with Crippen LogP contribution in [0.1, 0.15) is 61.8 Å². The minimum Gasteiger partial charge on any atom is -0.327 e. The Morgan fingerprint density at radius 2 is 1.36 bits per heavy atom. The molecular formula is C13H31N. The molecule has 0 saturated heterocycles. The van der Waals surface area contributed by atoms with Crippen LogP contribution in [0.3, 0.4) is 0 Å². The first-order valence-electron chi connectivity index (χ1n) is 6.21. The summed E-state index contributed by atoms with van der Waals surface area (Å²) in [5, 5.41) is 0. The Bertz CT molecular complexity index is 129. The third-order valence-electron chi connectivity index (χ3n) is 3.32. The molecule has 88 valence electrons. The van der Waals surface area contributed by atoms with Crippen LogP contribution in [0, 0.1) is 17.3 Å². The highest BCUT2D eigenvalue weighted by molar-refractivity contribution is 4.94. The molecular weight excluding hydrogens is 170 g/mol. The fourth-order valence-electron chi connectivity index (χ4n) is 2.17. The van der Waals surface area contributed by atoms with Gasteiger partial charge in [0.2, 0.25) is 0 Å². The molecule has 0 heterocycles. The van der Waals surface area contributed by atoms with E-state index in [4.69, 9.17) is 5.73 Å². The van der Waals surface area contributed by atoms with Gasteiger partial charge in [0.1, 0.15) is 0 Å². The third kappa shape index (κ3) is 4.00. The fourth-order valence-corrected chi connectivity index (χ4v) is 2.17. The van der Waals surface area contributed by atoms with Crippen molar-refractivity contribution in [2.75, 3.05) is 0 Å². The average Bonchev–Trinajstić information content (AvgIpc) is 2.36. The Kier molecular flexibility index (Phi) is 8.52. The first-order chi connectivity index (χ1) is 6.45. The van der Waals surface area contributed by atoms with Gasteiger partial charge in [-0.25, -0.2) is 0 Å². The molecule has 0 aromatic rings. The Balaban J connectivity index is 0. The van der Waals surface area contributed by atoms with Crippen molar-refractivity contribution in [3.63, 3.8) is 0 Å². The molecule has 0 amide bonds. The van der Waals surface area contributed by atoms with E-state index in [1.165, 1.54) is 6.42 Å². The van der Waals surface area contributed by atoms with E-state index in [1.807, 2.05) is 27.7 Å². The van der Waals surface area contributed by atoms with Crippen LogP contribution < -0.4 is 5.73 Å². The zero-order chi connectivity index (χ0) is 11.9. The van der Waals surface area contributed by atoms with E-state index in [-0.39, 0.29) is 0 Å². The summed E-state index contributed by atoms with van der Waals surface area (Å²) in [6, 6.07) is 0.426. The molecule has 1 heteroatoms. The first kappa shape index (κ1) is 16.4. The highest BCUT2D eigenvalue weighted by Gasteiger charge is 2.41. The number of rotatable bonds is 0. The lowest BCUT2D eigenvalue weighted by molar-refractivity contribution is 0.267. The second-order valence-corrected chi connectivity index (χ2v) is 4.54. The summed E-state index contributed by atoms with van der Waals surface area (Å²) in [4.78, 5) is 0. The Labute approximate surface area is 91.5 Å². The van der Waals surface area contributed by atoms with Crippen molar-refractivity contribution < 1.29 is 0 Å². The molecule has 0 aromatic heterocycles. The maximum Gasteiger partial charge on any atom is 0.00956 e. The van der Waals surface area contributed by atoms with Gasteiger partial charge in [0, 0.05) is 6.04 Å². The monoisotopic (exact) mass is 201 g/mol. The Morgan fingerprint density at radius 1 is 1.00 bits per heavy atom. The van der Waals surface area contributed by atoms with Crippen LogP contribution in [0.25, 0.3) is 0 Å². The average molecular weight is 201 g/mol. The van der Waals surface area contributed by atoms with Crippen LogP contribution in [0.4, 0.5) is 0 Å². The van der Waals surface area contributed by atoms with Gasteiger partial charge in [-0.2, -0.15) is 0 Å². The molecule has 0 aromatic carbocycles. The lowest BCUT2D eigenvalue weighted by atomic mass is 9.82. The maximum atomic E-state index is 6.00. The first-order valence-corrected chi connectivity index (χ1v) is 6.21. The molecule has 0 spiro atoms. The molecule has 3 atom stereocenters. The molecule has 1 saturated carbocycles. The molecule has 1 aliphatic carbocycles. The van der Waals surface area contributed by atoms with E-state index in [9.17, 15) is 0 Å². The van der Waals surface area contributed by atoms with Crippen molar-refractivity contribution >= 4 is 0 Å². The predicted octanol–water partition coefficient (Wildman–Crippen LogP) is 4.07. The minimum absolute atomic E-state index is 0.426. The summed E-state index contributed by atoms with van der Waals surface area (Å²) in [7, 11) is 0. The number of hydrogen-bond acceptors (Lipinski definition) is 1. The summed E-state index contributed by atoms with van der Waals surface area (Å²) >= 11 is 0. The molecule has 1 fully saturated rings. The largest absolute Gasteiger partial charge is 0.327 e. The van der Waals surface area contributed by atoms with Gasteiger partial charge in [0.15, 0.2) is 0 Å². The second-order valence-electron chi connectivity index (χ2n) is 4.54. The van der Waals surface area contributed by atoms with Crippen LogP contribution in [-0.4, -0.2) is 6.04 Å². The highest BCUT2D eigenvalue weighted by atomic mass is 14.7. The van der Waals surface area contributed by atoms with Crippen LogP contribution >= 0.6 is 0 Å². The van der Waals surface area contributed by atoms with Crippen molar-refractivity contribution in [2.24, 2.45) is 23.0 Å². The van der Waals surface area contributed by atoms with E-state index < -0.39 is 0 Å². The zero-order valence-electron chi connectivity index (χ0n) is 11.5. The Morgan fingerprint density at radius 3 is 1.43 bits per heavy atom. The lowest BCUT2D eigenvalue weighted by Crippen LogP contribution is -2.31. The standard InChI is InChI=1S/C9H19N.2C2H6/c1-6-5-9(3,4)7(2)8(6)10;2*1-2/h6-8H,5,10H2,1-4H3;2*1-2H3. The quantitative estimate of drug-likeness (QED) is 0.628. The fraction of sp³-hybridized carbons (Fsp3) is 1.00. The normalized spacial score (nSPS) is 33.6. The van der Waals surface area contributed by atoms with E-state index in [1.54, 1.807) is 0 Å². The highest BCUT2D eigenvalue weighted by Crippen LogP contribution is 2.44. The summed E-state index contributed by atoms with van der Waals surface area (Å²) in [6.45, 7) is 17.2. The van der Waals surface area contributed by atoms with E-state index in [2.05, 4.69) is 27.7 Å². The number of nitrogens with two attached hydrogens (primary N) is 1. The second kappa shape index (κ2) is 7.28. The zero-order valence-corrected chi connectivity index (χ0v) is 11.5. The van der Waals surface area contributed by atoms with Crippen LogP contribution in [0.15, 0.2) is 0 Å². The van der Waals surface area contributed by atoms with Gasteiger partial charge in [-0.05, 0) is 23.7 Å². The SMILES string of the molecule is CC.CC.CC1CC(C)(C)C(C)C1N. The lowest BCUT2D eigenvalue weighted by Gasteiger charge is -2.24. The van der Waals surface area contributed by atoms with Gasteiger partial charge >= 0.3 is 0 Å². The molecule has 0 aliphatic heterocycles. The van der Waals surface area contributed by atoms with Crippen LogP contribution in [-0.2, 0) is 0 Å². The van der Waals surface area contributed by atoms with Crippen LogP contribution in [0.2, 0.25) is 0 Å².